The topological polar surface area (TPSA) is 77.5 Å². The van der Waals surface area contributed by atoms with Crippen molar-refractivity contribution >= 4 is 17.0 Å². The minimum atomic E-state index is 0.342. The van der Waals surface area contributed by atoms with Crippen LogP contribution in [0.2, 0.25) is 0 Å². The van der Waals surface area contributed by atoms with Gasteiger partial charge in [0, 0.05) is 18.9 Å². The first kappa shape index (κ1) is 15.0. The summed E-state index contributed by atoms with van der Waals surface area (Å²) >= 11 is 0. The molecule has 0 amide bonds. The van der Waals surface area contributed by atoms with Crippen molar-refractivity contribution in [2.45, 2.75) is 25.4 Å². The Labute approximate surface area is 150 Å². The van der Waals surface area contributed by atoms with Crippen molar-refractivity contribution in [3.8, 4) is 5.69 Å². The summed E-state index contributed by atoms with van der Waals surface area (Å²) in [7, 11) is 0. The van der Waals surface area contributed by atoms with Crippen LogP contribution in [0, 0.1) is 0 Å². The fourth-order valence-electron chi connectivity index (χ4n) is 3.62. The lowest BCUT2D eigenvalue weighted by molar-refractivity contribution is 0.508. The molecule has 26 heavy (non-hydrogen) atoms. The van der Waals surface area contributed by atoms with Crippen LogP contribution in [0.5, 0.6) is 0 Å². The fourth-order valence-corrected chi connectivity index (χ4v) is 3.62. The van der Waals surface area contributed by atoms with E-state index in [1.54, 1.807) is 11.0 Å². The number of para-hydroxylation sites is 1. The van der Waals surface area contributed by atoms with Gasteiger partial charge >= 0.3 is 0 Å². The standard InChI is InChI=1S/C18H18N8/c1-2-6-14(7-3-1)26-18-16(22-23-26)17(19-13-20-18)25-11-4-8-15(25)12-24-10-5-9-21-24/h1-3,5-7,9-10,13,15H,4,8,11-12H2/t15-/m0/s1. The molecule has 4 heterocycles. The number of aromatic nitrogens is 7. The summed E-state index contributed by atoms with van der Waals surface area (Å²) in [4.78, 5) is 11.3. The number of benzene rings is 1. The summed E-state index contributed by atoms with van der Waals surface area (Å²) < 4.78 is 3.74. The van der Waals surface area contributed by atoms with Gasteiger partial charge in [-0.1, -0.05) is 23.4 Å². The SMILES string of the molecule is c1ccc(-n2nnc3c(N4CCC[C@H]4Cn4cccn4)ncnc32)cc1. The van der Waals surface area contributed by atoms with Crippen molar-refractivity contribution in [2.75, 3.05) is 11.4 Å². The number of rotatable bonds is 4. The minimum absolute atomic E-state index is 0.342. The third-order valence-electron chi connectivity index (χ3n) is 4.83. The van der Waals surface area contributed by atoms with Gasteiger partial charge in [-0.25, -0.2) is 9.97 Å². The molecule has 8 nitrogen and oxygen atoms in total. The van der Waals surface area contributed by atoms with Crippen LogP contribution >= 0.6 is 0 Å². The molecule has 3 aromatic heterocycles. The van der Waals surface area contributed by atoms with E-state index >= 15 is 0 Å². The van der Waals surface area contributed by atoms with Crippen molar-refractivity contribution in [1.29, 1.82) is 0 Å². The van der Waals surface area contributed by atoms with E-state index in [9.17, 15) is 0 Å². The second-order valence-electron chi connectivity index (χ2n) is 6.42. The van der Waals surface area contributed by atoms with Crippen LogP contribution in [0.25, 0.3) is 16.9 Å². The molecule has 0 radical (unpaired) electrons. The Balaban J connectivity index is 1.54. The maximum absolute atomic E-state index is 4.54. The van der Waals surface area contributed by atoms with Crippen molar-refractivity contribution in [3.63, 3.8) is 0 Å². The number of hydrogen-bond donors (Lipinski definition) is 0. The van der Waals surface area contributed by atoms with Crippen molar-refractivity contribution in [3.05, 3.63) is 55.1 Å². The van der Waals surface area contributed by atoms with Gasteiger partial charge in [0.05, 0.1) is 18.3 Å². The summed E-state index contributed by atoms with van der Waals surface area (Å²) in [5, 5.41) is 13.1. The van der Waals surface area contributed by atoms with Gasteiger partial charge in [0.15, 0.2) is 17.0 Å². The Bertz CT molecular complexity index is 1010. The van der Waals surface area contributed by atoms with Crippen LogP contribution in [0.3, 0.4) is 0 Å². The Morgan fingerprint density at radius 1 is 1.08 bits per heavy atom. The quantitative estimate of drug-likeness (QED) is 0.563. The largest absolute Gasteiger partial charge is 0.350 e. The molecule has 4 aromatic rings. The van der Waals surface area contributed by atoms with Gasteiger partial charge in [-0.2, -0.15) is 9.78 Å². The molecule has 0 N–H and O–H groups in total. The lowest BCUT2D eigenvalue weighted by Gasteiger charge is -2.25. The van der Waals surface area contributed by atoms with Crippen LogP contribution < -0.4 is 4.90 Å². The molecule has 0 bridgehead atoms. The number of hydrogen-bond acceptors (Lipinski definition) is 6. The molecular formula is C18H18N8. The Kier molecular flexibility index (Phi) is 3.59. The third-order valence-corrected chi connectivity index (χ3v) is 4.83. The molecule has 5 rings (SSSR count). The van der Waals surface area contributed by atoms with Crippen LogP contribution in [0.4, 0.5) is 5.82 Å². The Hall–Kier alpha value is -3.29. The summed E-state index contributed by atoms with van der Waals surface area (Å²) in [6, 6.07) is 12.2. The molecule has 0 unspecified atom stereocenters. The molecule has 1 fully saturated rings. The summed E-state index contributed by atoms with van der Waals surface area (Å²) in [6.07, 6.45) is 7.65. The molecule has 1 atom stereocenters. The molecule has 1 aromatic carbocycles. The fraction of sp³-hybridized carbons (Fsp3) is 0.278. The zero-order valence-corrected chi connectivity index (χ0v) is 14.2. The van der Waals surface area contributed by atoms with Crippen LogP contribution in [0.1, 0.15) is 12.8 Å². The smallest absolute Gasteiger partial charge is 0.189 e. The first-order chi connectivity index (χ1) is 12.9. The maximum atomic E-state index is 4.54. The van der Waals surface area contributed by atoms with E-state index in [4.69, 9.17) is 0 Å². The first-order valence-corrected chi connectivity index (χ1v) is 8.76. The number of nitrogens with zero attached hydrogens (tertiary/aromatic N) is 8. The van der Waals surface area contributed by atoms with E-state index in [1.165, 1.54) is 0 Å². The summed E-state index contributed by atoms with van der Waals surface area (Å²) in [5.74, 6) is 0.854. The van der Waals surface area contributed by atoms with Gasteiger partial charge in [-0.3, -0.25) is 4.68 Å². The van der Waals surface area contributed by atoms with Crippen LogP contribution in [-0.4, -0.2) is 47.3 Å². The first-order valence-electron chi connectivity index (χ1n) is 8.76. The minimum Gasteiger partial charge on any atom is -0.350 e. The molecule has 130 valence electrons. The monoisotopic (exact) mass is 346 g/mol. The van der Waals surface area contributed by atoms with Crippen LogP contribution in [0.15, 0.2) is 55.1 Å². The Morgan fingerprint density at radius 3 is 2.85 bits per heavy atom. The highest BCUT2D eigenvalue weighted by molar-refractivity contribution is 5.83. The zero-order chi connectivity index (χ0) is 17.3. The van der Waals surface area contributed by atoms with Gasteiger partial charge in [-0.05, 0) is 31.0 Å². The predicted molar refractivity (Wildman–Crippen MR) is 97.1 cm³/mol. The van der Waals surface area contributed by atoms with E-state index in [0.29, 0.717) is 6.04 Å². The zero-order valence-electron chi connectivity index (χ0n) is 14.2. The highest BCUT2D eigenvalue weighted by atomic mass is 15.5. The molecule has 1 saturated heterocycles. The van der Waals surface area contributed by atoms with Gasteiger partial charge < -0.3 is 4.90 Å². The summed E-state index contributed by atoms with van der Waals surface area (Å²) in [6.45, 7) is 1.79. The van der Waals surface area contributed by atoms with Gasteiger partial charge in [-0.15, -0.1) is 5.10 Å². The Morgan fingerprint density at radius 2 is 2.00 bits per heavy atom. The van der Waals surface area contributed by atoms with Gasteiger partial charge in [0.25, 0.3) is 0 Å². The molecule has 0 saturated carbocycles. The second kappa shape index (κ2) is 6.21. The second-order valence-corrected chi connectivity index (χ2v) is 6.42. The lowest BCUT2D eigenvalue weighted by Crippen LogP contribution is -2.34. The maximum Gasteiger partial charge on any atom is 0.189 e. The van der Waals surface area contributed by atoms with E-state index < -0.39 is 0 Å². The molecule has 8 heteroatoms. The molecule has 1 aliphatic heterocycles. The highest BCUT2D eigenvalue weighted by Gasteiger charge is 2.29. The molecular weight excluding hydrogens is 328 g/mol. The van der Waals surface area contributed by atoms with Crippen molar-refractivity contribution in [1.82, 2.24) is 34.7 Å². The number of fused-ring (bicyclic) bond motifs is 1. The lowest BCUT2D eigenvalue weighted by atomic mass is 10.2. The van der Waals surface area contributed by atoms with Gasteiger partial charge in [0.2, 0.25) is 0 Å². The molecule has 0 aliphatic carbocycles. The van der Waals surface area contributed by atoms with Crippen LogP contribution in [-0.2, 0) is 6.54 Å². The van der Waals surface area contributed by atoms with Gasteiger partial charge in [0.1, 0.15) is 6.33 Å². The predicted octanol–water partition coefficient (Wildman–Crippen LogP) is 2.08. The van der Waals surface area contributed by atoms with E-state index in [0.717, 1.165) is 48.6 Å². The number of anilines is 1. The normalized spacial score (nSPS) is 17.2. The highest BCUT2D eigenvalue weighted by Crippen LogP contribution is 2.29. The van der Waals surface area contributed by atoms with E-state index in [2.05, 4.69) is 30.3 Å². The summed E-state index contributed by atoms with van der Waals surface area (Å²) in [5.41, 5.74) is 2.41. The van der Waals surface area contributed by atoms with E-state index in [1.807, 2.05) is 53.5 Å². The van der Waals surface area contributed by atoms with Crippen molar-refractivity contribution < 1.29 is 0 Å². The third kappa shape index (κ3) is 2.50. The average Bonchev–Trinajstić information content (AvgIpc) is 3.43. The molecule has 0 spiro atoms. The van der Waals surface area contributed by atoms with E-state index in [-0.39, 0.29) is 0 Å². The average molecular weight is 346 g/mol. The van der Waals surface area contributed by atoms with Crippen molar-refractivity contribution in [2.24, 2.45) is 0 Å². The molecule has 1 aliphatic rings.